The van der Waals surface area contributed by atoms with Gasteiger partial charge in [0.15, 0.2) is 0 Å². The first-order chi connectivity index (χ1) is 21.1. The second-order valence-electron chi connectivity index (χ2n) is 10.1. The number of para-hydroxylation sites is 2. The fourth-order valence-corrected chi connectivity index (χ4v) is 5.01. The van der Waals surface area contributed by atoms with E-state index in [-0.39, 0.29) is 5.91 Å². The highest BCUT2D eigenvalue weighted by Gasteiger charge is 2.26. The monoisotopic (exact) mass is 599 g/mol. The van der Waals surface area contributed by atoms with Gasteiger partial charge >= 0.3 is 0 Å². The fraction of sp³-hybridized carbons (Fsp3) is 0.607. The van der Waals surface area contributed by atoms with Crippen molar-refractivity contribution in [3.8, 4) is 5.95 Å². The number of piperazine rings is 1. The van der Waals surface area contributed by atoms with E-state index in [9.17, 15) is 4.79 Å². The van der Waals surface area contributed by atoms with Crippen molar-refractivity contribution in [2.24, 2.45) is 5.90 Å². The topological polar surface area (TPSA) is 155 Å². The van der Waals surface area contributed by atoms with Crippen LogP contribution in [0.1, 0.15) is 12.2 Å². The van der Waals surface area contributed by atoms with Gasteiger partial charge in [0.2, 0.25) is 23.8 Å². The lowest BCUT2D eigenvalue weighted by atomic mass is 10.3. The Bertz CT molecular complexity index is 1310. The zero-order valence-electron chi connectivity index (χ0n) is 24.7. The summed E-state index contributed by atoms with van der Waals surface area (Å²) in [6, 6.07) is 7.96. The predicted molar refractivity (Wildman–Crippen MR) is 158 cm³/mol. The Balaban J connectivity index is 1.15. The average Bonchev–Trinajstić information content (AvgIpc) is 3.39. The number of imidazole rings is 1. The molecule has 2 saturated heterocycles. The van der Waals surface area contributed by atoms with E-state index in [0.717, 1.165) is 16.9 Å². The van der Waals surface area contributed by atoms with Gasteiger partial charge in [-0.1, -0.05) is 12.1 Å². The molecule has 0 aliphatic carbocycles. The quantitative estimate of drug-likeness (QED) is 0.189. The molecule has 5 rings (SSSR count). The van der Waals surface area contributed by atoms with Gasteiger partial charge in [0, 0.05) is 39.3 Å². The molecule has 2 aliphatic heterocycles. The molecule has 0 saturated carbocycles. The Morgan fingerprint density at radius 3 is 2.02 bits per heavy atom. The summed E-state index contributed by atoms with van der Waals surface area (Å²) in [5.74, 6) is 7.55. The summed E-state index contributed by atoms with van der Waals surface area (Å²) in [5, 5.41) is 0. The molecule has 0 bridgehead atoms. The van der Waals surface area contributed by atoms with Gasteiger partial charge in [-0.15, -0.1) is 0 Å². The molecule has 1 aromatic carbocycles. The van der Waals surface area contributed by atoms with Gasteiger partial charge in [-0.2, -0.15) is 15.0 Å². The van der Waals surface area contributed by atoms with E-state index in [1.807, 2.05) is 40.7 Å². The summed E-state index contributed by atoms with van der Waals surface area (Å²) >= 11 is 0. The first-order valence-corrected chi connectivity index (χ1v) is 14.7. The minimum atomic E-state index is 0.0712. The number of ether oxygens (including phenoxy) is 4. The van der Waals surface area contributed by atoms with E-state index in [4.69, 9.17) is 44.8 Å². The molecule has 1 amide bonds. The first kappa shape index (κ1) is 31.0. The van der Waals surface area contributed by atoms with E-state index < -0.39 is 0 Å². The van der Waals surface area contributed by atoms with Crippen LogP contribution in [-0.2, 0) is 28.6 Å². The van der Waals surface area contributed by atoms with Gasteiger partial charge in [-0.05, 0) is 19.1 Å². The Labute approximate surface area is 250 Å². The molecule has 43 heavy (non-hydrogen) atoms. The molecule has 234 valence electrons. The van der Waals surface area contributed by atoms with E-state index in [1.165, 1.54) is 0 Å². The molecule has 0 radical (unpaired) electrons. The number of carbonyl (C=O) groups is 1. The zero-order chi connectivity index (χ0) is 29.9. The Hall–Kier alpha value is -3.47. The largest absolute Gasteiger partial charge is 0.379 e. The summed E-state index contributed by atoms with van der Waals surface area (Å²) in [7, 11) is 0. The average molecular weight is 600 g/mol. The summed E-state index contributed by atoms with van der Waals surface area (Å²) in [4.78, 5) is 42.7. The zero-order valence-corrected chi connectivity index (χ0v) is 24.7. The number of benzene rings is 1. The third-order valence-corrected chi connectivity index (χ3v) is 7.29. The molecule has 4 heterocycles. The Morgan fingerprint density at radius 2 is 1.35 bits per heavy atom. The number of hydrogen-bond donors (Lipinski definition) is 1. The molecule has 2 aromatic heterocycles. The second kappa shape index (κ2) is 15.8. The van der Waals surface area contributed by atoms with Crippen LogP contribution in [0.4, 0.5) is 11.9 Å². The van der Waals surface area contributed by atoms with Crippen LogP contribution in [0.15, 0.2) is 24.3 Å². The summed E-state index contributed by atoms with van der Waals surface area (Å²) in [5.41, 5.74) is 1.83. The van der Waals surface area contributed by atoms with Gasteiger partial charge in [0.25, 0.3) is 0 Å². The van der Waals surface area contributed by atoms with Gasteiger partial charge in [-0.25, -0.2) is 10.9 Å². The highest BCUT2D eigenvalue weighted by atomic mass is 16.6. The van der Waals surface area contributed by atoms with Gasteiger partial charge in [0.05, 0.1) is 76.9 Å². The molecule has 2 fully saturated rings. The number of amides is 1. The van der Waals surface area contributed by atoms with Crippen LogP contribution < -0.4 is 15.7 Å². The van der Waals surface area contributed by atoms with E-state index in [0.29, 0.717) is 123 Å². The van der Waals surface area contributed by atoms with Crippen LogP contribution in [0.25, 0.3) is 17.0 Å². The van der Waals surface area contributed by atoms with Crippen LogP contribution in [0, 0.1) is 6.92 Å². The van der Waals surface area contributed by atoms with Crippen molar-refractivity contribution in [2.45, 2.75) is 13.3 Å². The summed E-state index contributed by atoms with van der Waals surface area (Å²) < 4.78 is 23.8. The van der Waals surface area contributed by atoms with Crippen LogP contribution in [0.2, 0.25) is 0 Å². The maximum absolute atomic E-state index is 12.8. The third kappa shape index (κ3) is 8.34. The van der Waals surface area contributed by atoms with E-state index in [1.54, 1.807) is 0 Å². The molecule has 2 aliphatic rings. The maximum Gasteiger partial charge on any atom is 0.242 e. The van der Waals surface area contributed by atoms with Crippen molar-refractivity contribution in [3.63, 3.8) is 0 Å². The number of hydrogen-bond acceptors (Lipinski definition) is 13. The molecule has 2 N–H and O–H groups in total. The number of fused-ring (bicyclic) bond motifs is 1. The maximum atomic E-state index is 12.8. The van der Waals surface area contributed by atoms with E-state index >= 15 is 0 Å². The van der Waals surface area contributed by atoms with Crippen molar-refractivity contribution in [1.29, 1.82) is 0 Å². The van der Waals surface area contributed by atoms with Crippen molar-refractivity contribution >= 4 is 28.8 Å². The number of aryl methyl sites for hydroxylation is 1. The molecule has 15 nitrogen and oxygen atoms in total. The van der Waals surface area contributed by atoms with E-state index in [2.05, 4.69) is 14.6 Å². The molecule has 0 spiro atoms. The van der Waals surface area contributed by atoms with Crippen molar-refractivity contribution in [1.82, 2.24) is 29.4 Å². The number of rotatable bonds is 15. The molecular formula is C28H41N9O6. The Kier molecular flexibility index (Phi) is 11.4. The van der Waals surface area contributed by atoms with Crippen LogP contribution in [0.5, 0.6) is 0 Å². The molecule has 0 atom stereocenters. The summed E-state index contributed by atoms with van der Waals surface area (Å²) in [6.45, 7) is 9.97. The summed E-state index contributed by atoms with van der Waals surface area (Å²) in [6.07, 6.45) is 0.326. The third-order valence-electron chi connectivity index (χ3n) is 7.29. The van der Waals surface area contributed by atoms with Gasteiger partial charge in [-0.3, -0.25) is 9.36 Å². The molecule has 3 aromatic rings. The highest BCUT2D eigenvalue weighted by Crippen LogP contribution is 2.23. The lowest BCUT2D eigenvalue weighted by Gasteiger charge is -2.35. The fourth-order valence-electron chi connectivity index (χ4n) is 5.01. The van der Waals surface area contributed by atoms with Crippen LogP contribution in [-0.4, -0.2) is 134 Å². The molecule has 0 unspecified atom stereocenters. The van der Waals surface area contributed by atoms with Gasteiger partial charge < -0.3 is 38.5 Å². The lowest BCUT2D eigenvalue weighted by molar-refractivity contribution is -0.132. The minimum absolute atomic E-state index is 0.0712. The SMILES string of the molecule is Cc1nc2ccccc2n1-c1nc(N2CCOCC2)nc(N2CCN(C(=O)CCOCCOCCOCCON)CC2)n1. The number of aromatic nitrogens is 5. The smallest absolute Gasteiger partial charge is 0.242 e. The number of nitrogens with two attached hydrogens (primary N) is 1. The van der Waals surface area contributed by atoms with Crippen molar-refractivity contribution in [2.75, 3.05) is 109 Å². The highest BCUT2D eigenvalue weighted by molar-refractivity contribution is 5.78. The molecular weight excluding hydrogens is 558 g/mol. The minimum Gasteiger partial charge on any atom is -0.379 e. The van der Waals surface area contributed by atoms with Crippen molar-refractivity contribution in [3.05, 3.63) is 30.1 Å². The first-order valence-electron chi connectivity index (χ1n) is 14.7. The van der Waals surface area contributed by atoms with Crippen LogP contribution in [0.3, 0.4) is 0 Å². The molecule has 15 heteroatoms. The number of morpholine rings is 1. The number of carbonyl (C=O) groups excluding carboxylic acids is 1. The van der Waals surface area contributed by atoms with Crippen LogP contribution >= 0.6 is 0 Å². The van der Waals surface area contributed by atoms with Gasteiger partial charge in [0.1, 0.15) is 5.82 Å². The lowest BCUT2D eigenvalue weighted by Crippen LogP contribution is -2.49. The normalized spacial score (nSPS) is 15.9. The predicted octanol–water partition coefficient (Wildman–Crippen LogP) is 0.334. The number of anilines is 2. The van der Waals surface area contributed by atoms with Crippen molar-refractivity contribution < 1.29 is 28.6 Å². The number of nitrogens with zero attached hydrogens (tertiary/aromatic N) is 8. The Morgan fingerprint density at radius 1 is 0.767 bits per heavy atom. The second-order valence-corrected chi connectivity index (χ2v) is 10.1. The standard InChI is InChI=1S/C28H41N9O6/c1-22-30-23-4-2-3-5-24(23)37(22)28-32-26(31-27(33-28)36-11-14-40-15-12-36)35-9-7-34(8-10-35)25(38)6-13-39-16-17-41-18-19-42-20-21-43-29/h2-5H,6-21,29H2,1H3.